The van der Waals surface area contributed by atoms with Crippen LogP contribution in [-0.4, -0.2) is 24.5 Å². The average Bonchev–Trinajstić information content (AvgIpc) is 2.95. The van der Waals surface area contributed by atoms with Gasteiger partial charge < -0.3 is 5.32 Å². The highest BCUT2D eigenvalue weighted by molar-refractivity contribution is 14.1. The molecule has 2 aromatic heterocycles. The summed E-state index contributed by atoms with van der Waals surface area (Å²) < 4.78 is 2.81. The first-order valence-electron chi connectivity index (χ1n) is 5.63. The van der Waals surface area contributed by atoms with Gasteiger partial charge in [-0.3, -0.25) is 4.57 Å². The fourth-order valence-corrected chi connectivity index (χ4v) is 2.07. The number of benzene rings is 1. The zero-order chi connectivity index (χ0) is 13.9. The van der Waals surface area contributed by atoms with E-state index in [4.69, 9.17) is 11.6 Å². The first kappa shape index (κ1) is 13.3. The monoisotopic (exact) mass is 398 g/mol. The molecule has 8 heteroatoms. The molecule has 0 fully saturated rings. The van der Waals surface area contributed by atoms with Gasteiger partial charge in [-0.2, -0.15) is 15.0 Å². The smallest absolute Gasteiger partial charge is 0.241 e. The summed E-state index contributed by atoms with van der Waals surface area (Å²) >= 11 is 8.17. The highest BCUT2D eigenvalue weighted by Gasteiger charge is 2.06. The second kappa shape index (κ2) is 5.71. The number of hydrogen-bond acceptors (Lipinski definition) is 5. The normalized spacial score (nSPS) is 10.5. The van der Waals surface area contributed by atoms with Crippen molar-refractivity contribution < 1.29 is 0 Å². The van der Waals surface area contributed by atoms with E-state index in [-0.39, 0.29) is 5.28 Å². The summed E-state index contributed by atoms with van der Waals surface area (Å²) in [6.45, 7) is 0. The molecule has 0 atom stereocenters. The van der Waals surface area contributed by atoms with Crippen LogP contribution >= 0.6 is 34.2 Å². The summed E-state index contributed by atoms with van der Waals surface area (Å²) in [6, 6.07) is 7.86. The van der Waals surface area contributed by atoms with Crippen LogP contribution in [0.15, 0.2) is 43.0 Å². The molecule has 0 radical (unpaired) electrons. The summed E-state index contributed by atoms with van der Waals surface area (Å²) in [7, 11) is 0. The summed E-state index contributed by atoms with van der Waals surface area (Å²) in [6.07, 6.45) is 4.98. The molecule has 0 saturated heterocycles. The summed E-state index contributed by atoms with van der Waals surface area (Å²) in [5, 5.41) is 3.21. The summed E-state index contributed by atoms with van der Waals surface area (Å²) in [5.74, 6) is 0.797. The number of hydrogen-bond donors (Lipinski definition) is 1. The molecular formula is C12H8ClIN6. The van der Waals surface area contributed by atoms with Gasteiger partial charge in [-0.1, -0.05) is 0 Å². The van der Waals surface area contributed by atoms with E-state index in [1.807, 2.05) is 24.3 Å². The first-order chi connectivity index (χ1) is 9.70. The van der Waals surface area contributed by atoms with E-state index in [0.717, 1.165) is 9.26 Å². The molecule has 0 bridgehead atoms. The number of nitrogens with one attached hydrogen (secondary N) is 1. The number of anilines is 2. The average molecular weight is 399 g/mol. The Labute approximate surface area is 133 Å². The van der Waals surface area contributed by atoms with E-state index >= 15 is 0 Å². The number of aromatic nitrogens is 5. The van der Waals surface area contributed by atoms with Gasteiger partial charge in [0.05, 0.1) is 0 Å². The molecule has 100 valence electrons. The van der Waals surface area contributed by atoms with E-state index in [1.165, 1.54) is 0 Å². The molecule has 0 spiro atoms. The van der Waals surface area contributed by atoms with Crippen LogP contribution < -0.4 is 5.32 Å². The van der Waals surface area contributed by atoms with Crippen molar-refractivity contribution in [3.63, 3.8) is 0 Å². The van der Waals surface area contributed by atoms with Crippen LogP contribution in [0.1, 0.15) is 0 Å². The largest absolute Gasteiger partial charge is 0.324 e. The van der Waals surface area contributed by atoms with Crippen LogP contribution in [0.3, 0.4) is 0 Å². The number of imidazole rings is 1. The van der Waals surface area contributed by atoms with Crippen LogP contribution in [-0.2, 0) is 0 Å². The Morgan fingerprint density at radius 1 is 1.10 bits per heavy atom. The third kappa shape index (κ3) is 3.05. The van der Waals surface area contributed by atoms with Gasteiger partial charge >= 0.3 is 0 Å². The van der Waals surface area contributed by atoms with Crippen LogP contribution in [0.25, 0.3) is 5.95 Å². The van der Waals surface area contributed by atoms with Crippen molar-refractivity contribution in [3.8, 4) is 5.95 Å². The highest BCUT2D eigenvalue weighted by atomic mass is 127. The topological polar surface area (TPSA) is 68.5 Å². The lowest BCUT2D eigenvalue weighted by Crippen LogP contribution is -2.05. The summed E-state index contributed by atoms with van der Waals surface area (Å²) in [4.78, 5) is 16.4. The predicted octanol–water partition coefficient (Wildman–Crippen LogP) is 3.06. The minimum Gasteiger partial charge on any atom is -0.324 e. The fourth-order valence-electron chi connectivity index (χ4n) is 1.55. The zero-order valence-corrected chi connectivity index (χ0v) is 12.9. The standard InChI is InChI=1S/C12H8ClIN6/c13-10-17-11(16-9-3-1-8(14)2-4-9)19-12(18-10)20-6-5-15-7-20/h1-7H,(H,16,17,18,19). The lowest BCUT2D eigenvalue weighted by atomic mass is 10.3. The van der Waals surface area contributed by atoms with E-state index in [1.54, 1.807) is 23.3 Å². The van der Waals surface area contributed by atoms with Crippen molar-refractivity contribution >= 4 is 45.8 Å². The maximum absolute atomic E-state index is 5.92. The van der Waals surface area contributed by atoms with Crippen LogP contribution in [0.2, 0.25) is 5.28 Å². The zero-order valence-electron chi connectivity index (χ0n) is 10.0. The molecule has 6 nitrogen and oxygen atoms in total. The van der Waals surface area contributed by atoms with Crippen molar-refractivity contribution in [1.29, 1.82) is 0 Å². The minimum atomic E-state index is 0.122. The van der Waals surface area contributed by atoms with Crippen molar-refractivity contribution in [1.82, 2.24) is 24.5 Å². The Morgan fingerprint density at radius 3 is 2.60 bits per heavy atom. The second-order valence-electron chi connectivity index (χ2n) is 3.83. The molecule has 0 amide bonds. The Balaban J connectivity index is 1.92. The van der Waals surface area contributed by atoms with Gasteiger partial charge in [-0.15, -0.1) is 0 Å². The quantitative estimate of drug-likeness (QED) is 0.687. The molecule has 3 rings (SSSR count). The van der Waals surface area contributed by atoms with Gasteiger partial charge in [-0.05, 0) is 58.5 Å². The van der Waals surface area contributed by atoms with Gasteiger partial charge in [0, 0.05) is 21.7 Å². The van der Waals surface area contributed by atoms with Gasteiger partial charge in [0.1, 0.15) is 6.33 Å². The minimum absolute atomic E-state index is 0.122. The molecule has 0 aliphatic carbocycles. The van der Waals surface area contributed by atoms with Crippen LogP contribution in [0.5, 0.6) is 0 Å². The first-order valence-corrected chi connectivity index (χ1v) is 7.09. The molecular weight excluding hydrogens is 391 g/mol. The van der Waals surface area contributed by atoms with Gasteiger partial charge in [0.2, 0.25) is 17.2 Å². The number of nitrogens with zero attached hydrogens (tertiary/aromatic N) is 5. The fraction of sp³-hybridized carbons (Fsp3) is 0. The molecule has 1 aromatic carbocycles. The van der Waals surface area contributed by atoms with Gasteiger partial charge in [0.15, 0.2) is 0 Å². The Kier molecular flexibility index (Phi) is 3.79. The third-order valence-corrected chi connectivity index (χ3v) is 3.32. The van der Waals surface area contributed by atoms with Gasteiger partial charge in [-0.25, -0.2) is 4.98 Å². The van der Waals surface area contributed by atoms with E-state index in [9.17, 15) is 0 Å². The SMILES string of the molecule is Clc1nc(Nc2ccc(I)cc2)nc(-n2ccnc2)n1. The van der Waals surface area contributed by atoms with Crippen molar-refractivity contribution in [2.45, 2.75) is 0 Å². The van der Waals surface area contributed by atoms with Crippen molar-refractivity contribution in [2.24, 2.45) is 0 Å². The lowest BCUT2D eigenvalue weighted by molar-refractivity contribution is 0.899. The second-order valence-corrected chi connectivity index (χ2v) is 5.41. The van der Waals surface area contributed by atoms with Crippen LogP contribution in [0.4, 0.5) is 11.6 Å². The maximum atomic E-state index is 5.92. The van der Waals surface area contributed by atoms with Gasteiger partial charge in [0.25, 0.3) is 0 Å². The lowest BCUT2D eigenvalue weighted by Gasteiger charge is -2.07. The molecule has 0 unspecified atom stereocenters. The van der Waals surface area contributed by atoms with E-state index in [2.05, 4.69) is 47.8 Å². The molecule has 1 N–H and O–H groups in total. The molecule has 0 saturated carbocycles. The third-order valence-electron chi connectivity index (χ3n) is 2.43. The molecule has 3 aromatic rings. The van der Waals surface area contributed by atoms with E-state index < -0.39 is 0 Å². The molecule has 20 heavy (non-hydrogen) atoms. The molecule has 2 heterocycles. The summed E-state index contributed by atoms with van der Waals surface area (Å²) in [5.41, 5.74) is 0.879. The number of rotatable bonds is 3. The van der Waals surface area contributed by atoms with Crippen molar-refractivity contribution in [2.75, 3.05) is 5.32 Å². The Bertz CT molecular complexity index is 713. The van der Waals surface area contributed by atoms with Crippen molar-refractivity contribution in [3.05, 3.63) is 51.8 Å². The molecule has 0 aliphatic heterocycles. The predicted molar refractivity (Wildman–Crippen MR) is 84.4 cm³/mol. The molecule has 0 aliphatic rings. The Morgan fingerprint density at radius 2 is 1.90 bits per heavy atom. The highest BCUT2D eigenvalue weighted by Crippen LogP contribution is 2.17. The van der Waals surface area contributed by atoms with Crippen LogP contribution in [0, 0.1) is 3.57 Å². The Hall–Kier alpha value is -1.74. The maximum Gasteiger partial charge on any atom is 0.241 e. The van der Waals surface area contributed by atoms with E-state index in [0.29, 0.717) is 11.9 Å². The number of halogens is 2.